The van der Waals surface area contributed by atoms with Gasteiger partial charge in [-0.3, -0.25) is 4.68 Å². The molecular weight excluding hydrogens is 248 g/mol. The van der Waals surface area contributed by atoms with Crippen LogP contribution in [0.3, 0.4) is 0 Å². The zero-order valence-corrected chi connectivity index (χ0v) is 12.1. The summed E-state index contributed by atoms with van der Waals surface area (Å²) in [6.45, 7) is 7.23. The minimum absolute atomic E-state index is 0.660. The van der Waals surface area contributed by atoms with Gasteiger partial charge in [0.15, 0.2) is 5.11 Å². The van der Waals surface area contributed by atoms with E-state index in [2.05, 4.69) is 28.7 Å². The molecule has 2 N–H and O–H groups in total. The van der Waals surface area contributed by atoms with Gasteiger partial charge in [0.2, 0.25) is 0 Å². The Bertz CT molecular complexity index is 378. The normalized spacial score (nSPS) is 10.4. The number of hydrogen-bond acceptors (Lipinski definition) is 3. The first-order valence-electron chi connectivity index (χ1n) is 6.15. The van der Waals surface area contributed by atoms with Gasteiger partial charge in [-0.1, -0.05) is 0 Å². The Morgan fingerprint density at radius 3 is 2.72 bits per heavy atom. The molecule has 0 bridgehead atoms. The fourth-order valence-electron chi connectivity index (χ4n) is 1.66. The topological polar surface area (TPSA) is 51.1 Å². The predicted molar refractivity (Wildman–Crippen MR) is 76.8 cm³/mol. The van der Waals surface area contributed by atoms with Gasteiger partial charge in [-0.2, -0.15) is 5.10 Å². The Morgan fingerprint density at radius 2 is 2.11 bits per heavy atom. The first kappa shape index (κ1) is 14.9. The van der Waals surface area contributed by atoms with Crippen LogP contribution in [0, 0.1) is 13.8 Å². The Labute approximate surface area is 114 Å². The van der Waals surface area contributed by atoms with Crippen LogP contribution in [0.25, 0.3) is 0 Å². The van der Waals surface area contributed by atoms with Gasteiger partial charge >= 0.3 is 0 Å². The van der Waals surface area contributed by atoms with E-state index in [4.69, 9.17) is 17.0 Å². The number of rotatable bonds is 7. The SMILES string of the molecule is COCCNC(=S)NCCCn1nc(C)cc1C. The number of methoxy groups -OCH3 is 1. The zero-order chi connectivity index (χ0) is 13.4. The maximum atomic E-state index is 5.13. The van der Waals surface area contributed by atoms with E-state index in [1.807, 2.05) is 11.6 Å². The van der Waals surface area contributed by atoms with Crippen molar-refractivity contribution in [2.75, 3.05) is 26.8 Å². The van der Waals surface area contributed by atoms with Crippen LogP contribution in [0.4, 0.5) is 0 Å². The van der Waals surface area contributed by atoms with E-state index in [1.165, 1.54) is 5.69 Å². The van der Waals surface area contributed by atoms with E-state index < -0.39 is 0 Å². The molecule has 0 unspecified atom stereocenters. The highest BCUT2D eigenvalue weighted by molar-refractivity contribution is 7.80. The van der Waals surface area contributed by atoms with Crippen molar-refractivity contribution in [2.45, 2.75) is 26.8 Å². The first-order chi connectivity index (χ1) is 8.63. The molecule has 0 atom stereocenters. The summed E-state index contributed by atoms with van der Waals surface area (Å²) in [4.78, 5) is 0. The number of aryl methyl sites for hydroxylation is 3. The second kappa shape index (κ2) is 8.05. The second-order valence-electron chi connectivity index (χ2n) is 4.18. The van der Waals surface area contributed by atoms with E-state index in [1.54, 1.807) is 7.11 Å². The van der Waals surface area contributed by atoms with Crippen LogP contribution < -0.4 is 10.6 Å². The molecule has 18 heavy (non-hydrogen) atoms. The van der Waals surface area contributed by atoms with Crippen LogP contribution in [-0.4, -0.2) is 41.7 Å². The molecule has 5 nitrogen and oxygen atoms in total. The molecule has 1 aromatic heterocycles. The third-order valence-corrected chi connectivity index (χ3v) is 2.82. The molecule has 1 aromatic rings. The standard InChI is InChI=1S/C12H22N4OS/c1-10-9-11(2)16(15-10)7-4-5-13-12(18)14-6-8-17-3/h9H,4-8H2,1-3H3,(H2,13,14,18). The second-order valence-corrected chi connectivity index (χ2v) is 4.59. The molecular formula is C12H22N4OS. The number of thiocarbonyl (C=S) groups is 1. The van der Waals surface area contributed by atoms with Crippen molar-refractivity contribution in [1.82, 2.24) is 20.4 Å². The Balaban J connectivity index is 2.11. The van der Waals surface area contributed by atoms with E-state index in [0.29, 0.717) is 11.7 Å². The number of ether oxygens (including phenoxy) is 1. The molecule has 0 aliphatic rings. The third kappa shape index (κ3) is 5.46. The molecule has 0 saturated carbocycles. The van der Waals surface area contributed by atoms with Crippen LogP contribution in [0.15, 0.2) is 6.07 Å². The van der Waals surface area contributed by atoms with Gasteiger partial charge in [0.05, 0.1) is 12.3 Å². The first-order valence-corrected chi connectivity index (χ1v) is 6.56. The van der Waals surface area contributed by atoms with E-state index >= 15 is 0 Å². The van der Waals surface area contributed by atoms with Crippen molar-refractivity contribution in [1.29, 1.82) is 0 Å². The molecule has 0 fully saturated rings. The molecule has 0 spiro atoms. The van der Waals surface area contributed by atoms with Gasteiger partial charge in [-0.05, 0) is 38.6 Å². The molecule has 0 saturated heterocycles. The molecule has 1 rings (SSSR count). The number of nitrogens with one attached hydrogen (secondary N) is 2. The van der Waals surface area contributed by atoms with Gasteiger partial charge in [-0.15, -0.1) is 0 Å². The van der Waals surface area contributed by atoms with Crippen molar-refractivity contribution in [3.05, 3.63) is 17.5 Å². The van der Waals surface area contributed by atoms with Crippen molar-refractivity contribution in [3.8, 4) is 0 Å². The summed E-state index contributed by atoms with van der Waals surface area (Å²) in [5.74, 6) is 0. The van der Waals surface area contributed by atoms with Crippen molar-refractivity contribution in [2.24, 2.45) is 0 Å². The molecule has 0 radical (unpaired) electrons. The smallest absolute Gasteiger partial charge is 0.166 e. The lowest BCUT2D eigenvalue weighted by Gasteiger charge is -2.10. The van der Waals surface area contributed by atoms with Gasteiger partial charge < -0.3 is 15.4 Å². The van der Waals surface area contributed by atoms with Crippen LogP contribution in [0.1, 0.15) is 17.8 Å². The lowest BCUT2D eigenvalue weighted by Crippen LogP contribution is -2.37. The van der Waals surface area contributed by atoms with Gasteiger partial charge in [0.1, 0.15) is 0 Å². The van der Waals surface area contributed by atoms with E-state index in [-0.39, 0.29) is 0 Å². The number of nitrogens with zero attached hydrogens (tertiary/aromatic N) is 2. The molecule has 0 aliphatic heterocycles. The maximum Gasteiger partial charge on any atom is 0.166 e. The maximum absolute atomic E-state index is 5.13. The average molecular weight is 270 g/mol. The zero-order valence-electron chi connectivity index (χ0n) is 11.3. The minimum atomic E-state index is 0.660. The summed E-state index contributed by atoms with van der Waals surface area (Å²) >= 11 is 5.13. The lowest BCUT2D eigenvalue weighted by atomic mass is 10.4. The lowest BCUT2D eigenvalue weighted by molar-refractivity contribution is 0.204. The summed E-state index contributed by atoms with van der Waals surface area (Å²) in [6, 6.07) is 2.09. The van der Waals surface area contributed by atoms with E-state index in [9.17, 15) is 0 Å². The van der Waals surface area contributed by atoms with Gasteiger partial charge in [-0.25, -0.2) is 0 Å². The number of aromatic nitrogens is 2. The fraction of sp³-hybridized carbons (Fsp3) is 0.667. The highest BCUT2D eigenvalue weighted by atomic mass is 32.1. The van der Waals surface area contributed by atoms with Crippen molar-refractivity contribution < 1.29 is 4.74 Å². The summed E-state index contributed by atoms with van der Waals surface area (Å²) in [7, 11) is 1.67. The Morgan fingerprint density at radius 1 is 1.39 bits per heavy atom. The monoisotopic (exact) mass is 270 g/mol. The number of hydrogen-bond donors (Lipinski definition) is 2. The quantitative estimate of drug-likeness (QED) is 0.572. The molecule has 0 aromatic carbocycles. The Kier molecular flexibility index (Phi) is 6.67. The third-order valence-electron chi connectivity index (χ3n) is 2.53. The fourth-order valence-corrected chi connectivity index (χ4v) is 1.87. The molecule has 6 heteroatoms. The average Bonchev–Trinajstić information content (AvgIpc) is 2.64. The summed E-state index contributed by atoms with van der Waals surface area (Å²) in [5, 5.41) is 11.3. The predicted octanol–water partition coefficient (Wildman–Crippen LogP) is 1.00. The highest BCUT2D eigenvalue weighted by Crippen LogP contribution is 2.01. The van der Waals surface area contributed by atoms with Crippen LogP contribution in [0.5, 0.6) is 0 Å². The minimum Gasteiger partial charge on any atom is -0.383 e. The van der Waals surface area contributed by atoms with Gasteiger partial charge in [0, 0.05) is 32.4 Å². The van der Waals surface area contributed by atoms with Crippen LogP contribution >= 0.6 is 12.2 Å². The largest absolute Gasteiger partial charge is 0.383 e. The molecule has 102 valence electrons. The summed E-state index contributed by atoms with van der Waals surface area (Å²) in [6.07, 6.45) is 0.994. The van der Waals surface area contributed by atoms with Crippen molar-refractivity contribution in [3.63, 3.8) is 0 Å². The van der Waals surface area contributed by atoms with Crippen LogP contribution in [-0.2, 0) is 11.3 Å². The summed E-state index contributed by atoms with van der Waals surface area (Å²) < 4.78 is 6.96. The Hall–Kier alpha value is -1.14. The van der Waals surface area contributed by atoms with E-state index in [0.717, 1.165) is 31.7 Å². The molecule has 0 aliphatic carbocycles. The summed E-state index contributed by atoms with van der Waals surface area (Å²) in [5.41, 5.74) is 2.27. The highest BCUT2D eigenvalue weighted by Gasteiger charge is 2.00. The van der Waals surface area contributed by atoms with Gasteiger partial charge in [0.25, 0.3) is 0 Å². The van der Waals surface area contributed by atoms with Crippen molar-refractivity contribution >= 4 is 17.3 Å². The molecule has 1 heterocycles. The van der Waals surface area contributed by atoms with Crippen LogP contribution in [0.2, 0.25) is 0 Å². The molecule has 0 amide bonds.